The van der Waals surface area contributed by atoms with E-state index >= 15 is 0 Å². The lowest BCUT2D eigenvalue weighted by atomic mass is 10.0. The van der Waals surface area contributed by atoms with Crippen molar-refractivity contribution in [3.05, 3.63) is 22.4 Å². The Bertz CT molecular complexity index is 485. The fourth-order valence-corrected chi connectivity index (χ4v) is 2.05. The SMILES string of the molecule is CC(C)[C@H](NC(=O)c1cccs1)C(=O)O[C@@H](C)C(N)=O. The number of thiophene rings is 1. The Morgan fingerprint density at radius 3 is 2.40 bits per heavy atom. The van der Waals surface area contributed by atoms with Gasteiger partial charge in [0, 0.05) is 0 Å². The van der Waals surface area contributed by atoms with Gasteiger partial charge in [0.1, 0.15) is 6.04 Å². The third-order valence-electron chi connectivity index (χ3n) is 2.65. The summed E-state index contributed by atoms with van der Waals surface area (Å²) in [6.07, 6.45) is -1.03. The van der Waals surface area contributed by atoms with Crippen LogP contribution in [-0.4, -0.2) is 29.9 Å². The summed E-state index contributed by atoms with van der Waals surface area (Å²) in [7, 11) is 0. The van der Waals surface area contributed by atoms with Gasteiger partial charge in [0.05, 0.1) is 4.88 Å². The van der Waals surface area contributed by atoms with Crippen molar-refractivity contribution in [1.82, 2.24) is 5.32 Å². The van der Waals surface area contributed by atoms with Gasteiger partial charge < -0.3 is 15.8 Å². The Morgan fingerprint density at radius 2 is 1.95 bits per heavy atom. The number of esters is 1. The molecule has 0 aliphatic carbocycles. The molecule has 6 nitrogen and oxygen atoms in total. The largest absolute Gasteiger partial charge is 0.451 e. The summed E-state index contributed by atoms with van der Waals surface area (Å²) in [6.45, 7) is 4.93. The Kier molecular flexibility index (Phi) is 5.69. The van der Waals surface area contributed by atoms with Gasteiger partial charge in [-0.1, -0.05) is 19.9 Å². The molecule has 1 heterocycles. The highest BCUT2D eigenvalue weighted by atomic mass is 32.1. The molecule has 0 saturated carbocycles. The second-order valence-corrected chi connectivity index (χ2v) is 5.60. The van der Waals surface area contributed by atoms with E-state index in [1.807, 2.05) is 0 Å². The van der Waals surface area contributed by atoms with E-state index < -0.39 is 24.0 Å². The van der Waals surface area contributed by atoms with Gasteiger partial charge >= 0.3 is 5.97 Å². The standard InChI is InChI=1S/C13H18N2O4S/c1-7(2)10(13(18)19-8(3)11(14)16)15-12(17)9-5-4-6-20-9/h4-8,10H,1-3H3,(H2,14,16)(H,15,17)/t8-,10-/m0/s1. The number of nitrogens with two attached hydrogens (primary N) is 1. The number of ether oxygens (including phenoxy) is 1. The van der Waals surface area contributed by atoms with Crippen LogP contribution in [0.4, 0.5) is 0 Å². The van der Waals surface area contributed by atoms with Crippen LogP contribution in [0, 0.1) is 5.92 Å². The van der Waals surface area contributed by atoms with E-state index in [1.54, 1.807) is 31.4 Å². The molecule has 1 rings (SSSR count). The fraction of sp³-hybridized carbons (Fsp3) is 0.462. The fourth-order valence-electron chi connectivity index (χ4n) is 1.42. The Morgan fingerprint density at radius 1 is 1.30 bits per heavy atom. The highest BCUT2D eigenvalue weighted by Gasteiger charge is 2.28. The van der Waals surface area contributed by atoms with Crippen molar-refractivity contribution in [2.75, 3.05) is 0 Å². The summed E-state index contributed by atoms with van der Waals surface area (Å²) in [6, 6.07) is 2.58. The van der Waals surface area contributed by atoms with Gasteiger partial charge in [-0.25, -0.2) is 4.79 Å². The molecule has 110 valence electrons. The quantitative estimate of drug-likeness (QED) is 0.763. The Labute approximate surface area is 121 Å². The van der Waals surface area contributed by atoms with E-state index in [1.165, 1.54) is 18.3 Å². The summed E-state index contributed by atoms with van der Waals surface area (Å²) in [5, 5.41) is 4.38. The third-order valence-corrected chi connectivity index (χ3v) is 3.51. The van der Waals surface area contributed by atoms with Crippen molar-refractivity contribution in [2.45, 2.75) is 32.9 Å². The lowest BCUT2D eigenvalue weighted by molar-refractivity contribution is -0.156. The van der Waals surface area contributed by atoms with Crippen LogP contribution in [0.2, 0.25) is 0 Å². The molecule has 2 atom stereocenters. The van der Waals surface area contributed by atoms with E-state index in [2.05, 4.69) is 5.32 Å². The minimum Gasteiger partial charge on any atom is -0.451 e. The molecule has 20 heavy (non-hydrogen) atoms. The summed E-state index contributed by atoms with van der Waals surface area (Å²) in [5.74, 6) is -1.92. The normalized spacial score (nSPS) is 13.6. The maximum absolute atomic E-state index is 12.0. The van der Waals surface area contributed by atoms with E-state index in [9.17, 15) is 14.4 Å². The highest BCUT2D eigenvalue weighted by molar-refractivity contribution is 7.12. The van der Waals surface area contributed by atoms with Crippen molar-refractivity contribution in [2.24, 2.45) is 11.7 Å². The topological polar surface area (TPSA) is 98.5 Å². The number of rotatable bonds is 6. The number of carbonyl (C=O) groups excluding carboxylic acids is 3. The van der Waals surface area contributed by atoms with Gasteiger partial charge in [-0.15, -0.1) is 11.3 Å². The predicted molar refractivity (Wildman–Crippen MR) is 75.2 cm³/mol. The van der Waals surface area contributed by atoms with Crippen molar-refractivity contribution in [1.29, 1.82) is 0 Å². The zero-order valence-corrected chi connectivity index (χ0v) is 12.4. The number of hydrogen-bond acceptors (Lipinski definition) is 5. The van der Waals surface area contributed by atoms with Gasteiger partial charge in [-0.2, -0.15) is 0 Å². The maximum Gasteiger partial charge on any atom is 0.329 e. The van der Waals surface area contributed by atoms with Gasteiger partial charge in [-0.05, 0) is 24.3 Å². The van der Waals surface area contributed by atoms with Crippen LogP contribution in [0.5, 0.6) is 0 Å². The first kappa shape index (κ1) is 16.2. The summed E-state index contributed by atoms with van der Waals surface area (Å²) >= 11 is 1.28. The van der Waals surface area contributed by atoms with Gasteiger partial charge in [0.2, 0.25) is 0 Å². The molecule has 0 radical (unpaired) electrons. The smallest absolute Gasteiger partial charge is 0.329 e. The van der Waals surface area contributed by atoms with E-state index in [-0.39, 0.29) is 11.8 Å². The number of nitrogens with one attached hydrogen (secondary N) is 1. The van der Waals surface area contributed by atoms with E-state index in [0.717, 1.165) is 0 Å². The molecule has 1 aromatic heterocycles. The van der Waals surface area contributed by atoms with Crippen molar-refractivity contribution < 1.29 is 19.1 Å². The van der Waals surface area contributed by atoms with Gasteiger partial charge in [0.25, 0.3) is 11.8 Å². The molecular formula is C13H18N2O4S. The monoisotopic (exact) mass is 298 g/mol. The lowest BCUT2D eigenvalue weighted by Crippen LogP contribution is -2.47. The predicted octanol–water partition coefficient (Wildman–Crippen LogP) is 0.920. The first-order valence-electron chi connectivity index (χ1n) is 6.17. The molecule has 0 spiro atoms. The maximum atomic E-state index is 12.0. The molecule has 0 unspecified atom stereocenters. The second kappa shape index (κ2) is 7.04. The van der Waals surface area contributed by atoms with Crippen molar-refractivity contribution >= 4 is 29.1 Å². The zero-order valence-electron chi connectivity index (χ0n) is 11.6. The summed E-state index contributed by atoms with van der Waals surface area (Å²) in [4.78, 5) is 35.3. The molecule has 3 N–H and O–H groups in total. The Hall–Kier alpha value is -1.89. The first-order valence-corrected chi connectivity index (χ1v) is 7.05. The molecule has 2 amide bonds. The second-order valence-electron chi connectivity index (χ2n) is 4.65. The molecule has 0 saturated heterocycles. The zero-order chi connectivity index (χ0) is 15.3. The molecule has 0 fully saturated rings. The molecule has 7 heteroatoms. The first-order chi connectivity index (χ1) is 9.32. The van der Waals surface area contributed by atoms with Crippen LogP contribution in [0.25, 0.3) is 0 Å². The summed E-state index contributed by atoms with van der Waals surface area (Å²) in [5.41, 5.74) is 5.04. The average Bonchev–Trinajstić information content (AvgIpc) is 2.88. The number of hydrogen-bond donors (Lipinski definition) is 2. The molecule has 0 aliphatic heterocycles. The molecule has 0 aromatic carbocycles. The molecule has 1 aromatic rings. The molecular weight excluding hydrogens is 280 g/mol. The van der Waals surface area contributed by atoms with Gasteiger partial charge in [-0.3, -0.25) is 9.59 Å². The van der Waals surface area contributed by atoms with Crippen molar-refractivity contribution in [3.8, 4) is 0 Å². The van der Waals surface area contributed by atoms with Crippen LogP contribution in [0.3, 0.4) is 0 Å². The number of amides is 2. The van der Waals surface area contributed by atoms with E-state index in [0.29, 0.717) is 4.88 Å². The van der Waals surface area contributed by atoms with Crippen LogP contribution in [0.15, 0.2) is 17.5 Å². The van der Waals surface area contributed by atoms with Gasteiger partial charge in [0.15, 0.2) is 6.10 Å². The minimum atomic E-state index is -1.03. The Balaban J connectivity index is 2.72. The average molecular weight is 298 g/mol. The number of primary amides is 1. The minimum absolute atomic E-state index is 0.175. The van der Waals surface area contributed by atoms with Crippen LogP contribution >= 0.6 is 11.3 Å². The highest BCUT2D eigenvalue weighted by Crippen LogP contribution is 2.11. The molecule has 0 aliphatic rings. The van der Waals surface area contributed by atoms with Crippen LogP contribution in [-0.2, 0) is 14.3 Å². The van der Waals surface area contributed by atoms with Crippen molar-refractivity contribution in [3.63, 3.8) is 0 Å². The van der Waals surface area contributed by atoms with Crippen LogP contribution < -0.4 is 11.1 Å². The third kappa shape index (κ3) is 4.34. The molecule has 0 bridgehead atoms. The number of carbonyl (C=O) groups is 3. The van der Waals surface area contributed by atoms with Crippen LogP contribution in [0.1, 0.15) is 30.4 Å². The lowest BCUT2D eigenvalue weighted by Gasteiger charge is -2.22. The summed E-state index contributed by atoms with van der Waals surface area (Å²) < 4.78 is 4.93. The van der Waals surface area contributed by atoms with E-state index in [4.69, 9.17) is 10.5 Å².